The van der Waals surface area contributed by atoms with Gasteiger partial charge in [0.15, 0.2) is 0 Å². The maximum Gasteiger partial charge on any atom is 0.240 e. The molecule has 1 aliphatic rings. The van der Waals surface area contributed by atoms with Crippen molar-refractivity contribution < 1.29 is 13.2 Å². The van der Waals surface area contributed by atoms with Crippen molar-refractivity contribution in [2.24, 2.45) is 0 Å². The standard InChI is InChI=1S/C26H31ClN6O3S/c1-16(2)33(17(3)4)12-11-29-37(35,36)21-8-6-20(7-9-21)30-26-28-15-18-13-24(34)31-23-14-19(27)5-10-22(23)25(18)32-26/h5-10,14-17,29H,11-13H2,1-4H3,(H,31,34)(H,28,30,32). The van der Waals surface area contributed by atoms with Crippen molar-refractivity contribution in [1.29, 1.82) is 0 Å². The molecule has 11 heteroatoms. The molecule has 0 fully saturated rings. The molecule has 2 heterocycles. The number of nitrogens with one attached hydrogen (secondary N) is 3. The molecule has 9 nitrogen and oxygen atoms in total. The van der Waals surface area contributed by atoms with Crippen LogP contribution in [0.15, 0.2) is 53.6 Å². The Kier molecular flexibility index (Phi) is 8.13. The minimum absolute atomic E-state index is 0.146. The van der Waals surface area contributed by atoms with Crippen LogP contribution < -0.4 is 15.4 Å². The highest BCUT2D eigenvalue weighted by Gasteiger charge is 2.22. The molecule has 0 atom stereocenters. The summed E-state index contributed by atoms with van der Waals surface area (Å²) in [7, 11) is -3.64. The lowest BCUT2D eigenvalue weighted by Gasteiger charge is -2.30. The van der Waals surface area contributed by atoms with Gasteiger partial charge in [0.25, 0.3) is 0 Å². The molecule has 3 N–H and O–H groups in total. The predicted molar refractivity (Wildman–Crippen MR) is 147 cm³/mol. The Morgan fingerprint density at radius 1 is 1.08 bits per heavy atom. The number of carbonyl (C=O) groups is 1. The number of fused-ring (bicyclic) bond motifs is 3. The first-order chi connectivity index (χ1) is 17.5. The molecule has 0 bridgehead atoms. The predicted octanol–water partition coefficient (Wildman–Crippen LogP) is 4.43. The van der Waals surface area contributed by atoms with E-state index in [1.54, 1.807) is 30.5 Å². The number of amides is 1. The molecule has 1 aliphatic heterocycles. The number of halogens is 1. The van der Waals surface area contributed by atoms with Crippen LogP contribution in [0.4, 0.5) is 17.3 Å². The van der Waals surface area contributed by atoms with Crippen LogP contribution >= 0.6 is 11.6 Å². The highest BCUT2D eigenvalue weighted by atomic mass is 35.5. The van der Waals surface area contributed by atoms with Gasteiger partial charge in [-0.1, -0.05) is 11.6 Å². The first kappa shape index (κ1) is 27.0. The van der Waals surface area contributed by atoms with Gasteiger partial charge in [0, 0.05) is 53.2 Å². The lowest BCUT2D eigenvalue weighted by atomic mass is 10.1. The number of benzene rings is 2. The summed E-state index contributed by atoms with van der Waals surface area (Å²) in [6.45, 7) is 9.33. The maximum absolute atomic E-state index is 12.8. The van der Waals surface area contributed by atoms with E-state index in [1.807, 2.05) is 6.07 Å². The van der Waals surface area contributed by atoms with Crippen molar-refractivity contribution in [1.82, 2.24) is 19.6 Å². The summed E-state index contributed by atoms with van der Waals surface area (Å²) in [6.07, 6.45) is 1.77. The number of sulfonamides is 1. The van der Waals surface area contributed by atoms with Gasteiger partial charge in [-0.15, -0.1) is 0 Å². The molecule has 0 saturated carbocycles. The van der Waals surface area contributed by atoms with E-state index in [1.165, 1.54) is 12.1 Å². The second-order valence-electron chi connectivity index (χ2n) is 9.45. The minimum atomic E-state index is -3.64. The van der Waals surface area contributed by atoms with Gasteiger partial charge >= 0.3 is 0 Å². The summed E-state index contributed by atoms with van der Waals surface area (Å²) in [4.78, 5) is 23.7. The fraction of sp³-hybridized carbons (Fsp3) is 0.346. The zero-order valence-corrected chi connectivity index (χ0v) is 22.8. The minimum Gasteiger partial charge on any atom is -0.325 e. The lowest BCUT2D eigenvalue weighted by Crippen LogP contribution is -2.42. The van der Waals surface area contributed by atoms with Gasteiger partial charge in [0.2, 0.25) is 21.9 Å². The zero-order chi connectivity index (χ0) is 26.7. The Morgan fingerprint density at radius 3 is 2.46 bits per heavy atom. The van der Waals surface area contributed by atoms with Crippen LogP contribution in [0.2, 0.25) is 5.02 Å². The van der Waals surface area contributed by atoms with Crippen LogP contribution in [-0.4, -0.2) is 54.4 Å². The van der Waals surface area contributed by atoms with E-state index >= 15 is 0 Å². The molecule has 4 rings (SSSR count). The van der Waals surface area contributed by atoms with Gasteiger partial charge in [-0.05, 0) is 70.2 Å². The topological polar surface area (TPSA) is 116 Å². The molecule has 0 saturated heterocycles. The van der Waals surface area contributed by atoms with Crippen LogP contribution in [0.25, 0.3) is 11.3 Å². The van der Waals surface area contributed by atoms with Crippen LogP contribution in [-0.2, 0) is 21.2 Å². The van der Waals surface area contributed by atoms with E-state index in [0.29, 0.717) is 58.8 Å². The summed E-state index contributed by atoms with van der Waals surface area (Å²) >= 11 is 6.11. The van der Waals surface area contributed by atoms with Crippen molar-refractivity contribution in [3.63, 3.8) is 0 Å². The number of aromatic nitrogens is 2. The number of nitrogens with zero attached hydrogens (tertiary/aromatic N) is 3. The summed E-state index contributed by atoms with van der Waals surface area (Å²) in [5.74, 6) is 0.156. The highest BCUT2D eigenvalue weighted by molar-refractivity contribution is 7.89. The second kappa shape index (κ2) is 11.1. The van der Waals surface area contributed by atoms with Crippen molar-refractivity contribution >= 4 is 44.9 Å². The Morgan fingerprint density at radius 2 is 1.78 bits per heavy atom. The SMILES string of the molecule is CC(C)N(CCNS(=O)(=O)c1ccc(Nc2ncc3c(n2)-c2ccc(Cl)cc2NC(=O)C3)cc1)C(C)C. The third-order valence-corrected chi connectivity index (χ3v) is 7.85. The Hall–Kier alpha value is -3.05. The number of carbonyl (C=O) groups excluding carboxylic acids is 1. The number of anilines is 3. The van der Waals surface area contributed by atoms with Gasteiger partial charge in [-0.3, -0.25) is 9.69 Å². The van der Waals surface area contributed by atoms with Crippen LogP contribution in [0.3, 0.4) is 0 Å². The van der Waals surface area contributed by atoms with Crippen molar-refractivity contribution in [3.8, 4) is 11.3 Å². The van der Waals surface area contributed by atoms with Gasteiger partial charge < -0.3 is 10.6 Å². The fourth-order valence-electron chi connectivity index (χ4n) is 4.37. The summed E-state index contributed by atoms with van der Waals surface area (Å²) in [5.41, 5.74) is 3.29. The van der Waals surface area contributed by atoms with Gasteiger partial charge in [0.1, 0.15) is 0 Å². The molecule has 2 aromatic carbocycles. The molecule has 196 valence electrons. The average molecular weight is 543 g/mol. The van der Waals surface area contributed by atoms with E-state index in [9.17, 15) is 13.2 Å². The third kappa shape index (κ3) is 6.45. The second-order valence-corrected chi connectivity index (χ2v) is 11.7. The average Bonchev–Trinajstić information content (AvgIpc) is 2.96. The van der Waals surface area contributed by atoms with Crippen LogP contribution in [0.1, 0.15) is 33.3 Å². The summed E-state index contributed by atoms with van der Waals surface area (Å²) in [5, 5.41) is 6.48. The molecule has 1 aromatic heterocycles. The number of hydrogen-bond donors (Lipinski definition) is 3. The first-order valence-corrected chi connectivity index (χ1v) is 14.0. The monoisotopic (exact) mass is 542 g/mol. The molecule has 3 aromatic rings. The Balaban J connectivity index is 1.48. The van der Waals surface area contributed by atoms with E-state index < -0.39 is 10.0 Å². The lowest BCUT2D eigenvalue weighted by molar-refractivity contribution is -0.115. The molecular weight excluding hydrogens is 512 g/mol. The maximum atomic E-state index is 12.8. The van der Waals surface area contributed by atoms with Crippen molar-refractivity contribution in [3.05, 3.63) is 59.2 Å². The Bertz CT molecular complexity index is 1390. The summed E-state index contributed by atoms with van der Waals surface area (Å²) in [6, 6.07) is 12.3. The zero-order valence-electron chi connectivity index (χ0n) is 21.2. The highest BCUT2D eigenvalue weighted by Crippen LogP contribution is 2.34. The number of rotatable bonds is 9. The molecular formula is C26H31ClN6O3S. The summed E-state index contributed by atoms with van der Waals surface area (Å²) < 4.78 is 28.2. The van der Waals surface area contributed by atoms with Gasteiger partial charge in [-0.25, -0.2) is 23.1 Å². The third-order valence-electron chi connectivity index (χ3n) is 6.14. The van der Waals surface area contributed by atoms with Crippen molar-refractivity contribution in [2.75, 3.05) is 23.7 Å². The van der Waals surface area contributed by atoms with E-state index in [4.69, 9.17) is 11.6 Å². The van der Waals surface area contributed by atoms with Crippen molar-refractivity contribution in [2.45, 2.75) is 51.1 Å². The Labute approximate surface area is 222 Å². The number of hydrogen-bond acceptors (Lipinski definition) is 7. The van der Waals surface area contributed by atoms with Gasteiger partial charge in [0.05, 0.1) is 22.7 Å². The molecule has 0 unspecified atom stereocenters. The largest absolute Gasteiger partial charge is 0.325 e. The normalized spacial score (nSPS) is 13.4. The molecule has 0 aliphatic carbocycles. The van der Waals surface area contributed by atoms with E-state index in [0.717, 1.165) is 5.56 Å². The molecule has 0 radical (unpaired) electrons. The van der Waals surface area contributed by atoms with E-state index in [2.05, 4.69) is 57.9 Å². The molecule has 1 amide bonds. The van der Waals surface area contributed by atoms with Gasteiger partial charge in [-0.2, -0.15) is 0 Å². The first-order valence-electron chi connectivity index (χ1n) is 12.1. The quantitative estimate of drug-likeness (QED) is 0.366. The van der Waals surface area contributed by atoms with Crippen LogP contribution in [0, 0.1) is 0 Å². The van der Waals surface area contributed by atoms with Crippen LogP contribution in [0.5, 0.6) is 0 Å². The van der Waals surface area contributed by atoms with E-state index in [-0.39, 0.29) is 17.2 Å². The molecule has 37 heavy (non-hydrogen) atoms. The molecule has 0 spiro atoms. The smallest absolute Gasteiger partial charge is 0.240 e. The fourth-order valence-corrected chi connectivity index (χ4v) is 5.57.